The Morgan fingerprint density at radius 3 is 2.79 bits per heavy atom. The van der Waals surface area contributed by atoms with Crippen molar-refractivity contribution in [1.29, 1.82) is 0 Å². The van der Waals surface area contributed by atoms with Gasteiger partial charge in [-0.15, -0.1) is 0 Å². The SMILES string of the molecule is Oc1cccc(C2C[C@@H](O)c3cc(Cl)ccc3O2)c1. The maximum Gasteiger partial charge on any atom is 0.127 e. The summed E-state index contributed by atoms with van der Waals surface area (Å²) < 4.78 is 5.87. The van der Waals surface area contributed by atoms with Crippen LogP contribution in [0.3, 0.4) is 0 Å². The highest BCUT2D eigenvalue weighted by molar-refractivity contribution is 6.30. The summed E-state index contributed by atoms with van der Waals surface area (Å²) in [5.41, 5.74) is 1.56. The van der Waals surface area contributed by atoms with Gasteiger partial charge in [0.25, 0.3) is 0 Å². The number of aliphatic hydroxyl groups is 1. The maximum absolute atomic E-state index is 10.2. The molecule has 0 saturated heterocycles. The molecule has 0 radical (unpaired) electrons. The summed E-state index contributed by atoms with van der Waals surface area (Å²) in [4.78, 5) is 0. The Morgan fingerprint density at radius 2 is 2.00 bits per heavy atom. The molecule has 1 aliphatic rings. The second-order valence-electron chi connectivity index (χ2n) is 4.64. The highest BCUT2D eigenvalue weighted by Gasteiger charge is 2.28. The highest BCUT2D eigenvalue weighted by Crippen LogP contribution is 2.42. The Labute approximate surface area is 116 Å². The van der Waals surface area contributed by atoms with E-state index in [1.54, 1.807) is 36.4 Å². The molecule has 2 aromatic carbocycles. The van der Waals surface area contributed by atoms with Gasteiger partial charge in [0.1, 0.15) is 17.6 Å². The number of ether oxygens (including phenoxy) is 1. The van der Waals surface area contributed by atoms with Crippen LogP contribution in [0.25, 0.3) is 0 Å². The zero-order chi connectivity index (χ0) is 13.4. The van der Waals surface area contributed by atoms with E-state index in [4.69, 9.17) is 16.3 Å². The number of phenolic OH excluding ortho intramolecular Hbond substituents is 1. The van der Waals surface area contributed by atoms with E-state index in [2.05, 4.69) is 0 Å². The minimum Gasteiger partial charge on any atom is -0.508 e. The summed E-state index contributed by atoms with van der Waals surface area (Å²) in [6, 6.07) is 12.1. The molecular weight excluding hydrogens is 264 g/mol. The lowest BCUT2D eigenvalue weighted by Crippen LogP contribution is -2.18. The molecule has 2 atom stereocenters. The van der Waals surface area contributed by atoms with Crippen molar-refractivity contribution >= 4 is 11.6 Å². The number of phenols is 1. The number of hydrogen-bond donors (Lipinski definition) is 2. The van der Waals surface area contributed by atoms with E-state index in [1.165, 1.54) is 0 Å². The minimum absolute atomic E-state index is 0.192. The summed E-state index contributed by atoms with van der Waals surface area (Å²) in [5.74, 6) is 0.828. The van der Waals surface area contributed by atoms with Gasteiger partial charge in [-0.2, -0.15) is 0 Å². The average molecular weight is 277 g/mol. The Hall–Kier alpha value is -1.71. The van der Waals surface area contributed by atoms with Crippen molar-refractivity contribution in [3.05, 3.63) is 58.6 Å². The molecule has 3 nitrogen and oxygen atoms in total. The van der Waals surface area contributed by atoms with Gasteiger partial charge in [-0.05, 0) is 35.9 Å². The van der Waals surface area contributed by atoms with Crippen LogP contribution in [-0.2, 0) is 0 Å². The van der Waals surface area contributed by atoms with Crippen molar-refractivity contribution in [2.24, 2.45) is 0 Å². The van der Waals surface area contributed by atoms with Crippen LogP contribution in [0.1, 0.15) is 29.8 Å². The van der Waals surface area contributed by atoms with Crippen molar-refractivity contribution < 1.29 is 14.9 Å². The van der Waals surface area contributed by atoms with Crippen molar-refractivity contribution in [2.45, 2.75) is 18.6 Å². The highest BCUT2D eigenvalue weighted by atomic mass is 35.5. The van der Waals surface area contributed by atoms with Crippen molar-refractivity contribution in [3.8, 4) is 11.5 Å². The summed E-state index contributed by atoms with van der Waals surface area (Å²) >= 11 is 5.92. The summed E-state index contributed by atoms with van der Waals surface area (Å²) in [5, 5.41) is 20.3. The number of hydrogen-bond acceptors (Lipinski definition) is 3. The molecule has 98 valence electrons. The van der Waals surface area contributed by atoms with Gasteiger partial charge in [-0.25, -0.2) is 0 Å². The Bertz CT molecular complexity index is 612. The number of rotatable bonds is 1. The molecule has 4 heteroatoms. The zero-order valence-corrected chi connectivity index (χ0v) is 10.8. The second-order valence-corrected chi connectivity index (χ2v) is 5.07. The molecule has 1 unspecified atom stereocenters. The predicted molar refractivity (Wildman–Crippen MR) is 72.5 cm³/mol. The third-order valence-electron chi connectivity index (χ3n) is 3.28. The fraction of sp³-hybridized carbons (Fsp3) is 0.200. The number of halogens is 1. The van der Waals surface area contributed by atoms with Gasteiger partial charge in [-0.1, -0.05) is 23.7 Å². The minimum atomic E-state index is -0.616. The molecule has 2 N–H and O–H groups in total. The van der Waals surface area contributed by atoms with Crippen LogP contribution in [0.5, 0.6) is 11.5 Å². The van der Waals surface area contributed by atoms with Crippen LogP contribution in [0, 0.1) is 0 Å². The van der Waals surface area contributed by atoms with E-state index in [1.807, 2.05) is 6.07 Å². The lowest BCUT2D eigenvalue weighted by atomic mass is 9.95. The molecule has 1 heterocycles. The van der Waals surface area contributed by atoms with E-state index in [0.717, 1.165) is 5.56 Å². The Morgan fingerprint density at radius 1 is 1.16 bits per heavy atom. The molecule has 3 rings (SSSR count). The molecular formula is C15H13ClO3. The van der Waals surface area contributed by atoms with Crippen molar-refractivity contribution in [3.63, 3.8) is 0 Å². The first kappa shape index (κ1) is 12.3. The van der Waals surface area contributed by atoms with Crippen molar-refractivity contribution in [2.75, 3.05) is 0 Å². The Balaban J connectivity index is 1.95. The van der Waals surface area contributed by atoms with Crippen LogP contribution in [-0.4, -0.2) is 10.2 Å². The topological polar surface area (TPSA) is 49.7 Å². The summed E-state index contributed by atoms with van der Waals surface area (Å²) in [6.07, 6.45) is -0.442. The van der Waals surface area contributed by atoms with Crippen LogP contribution in [0.15, 0.2) is 42.5 Å². The lowest BCUT2D eigenvalue weighted by molar-refractivity contribution is 0.0656. The molecule has 1 aliphatic heterocycles. The largest absolute Gasteiger partial charge is 0.508 e. The quantitative estimate of drug-likeness (QED) is 0.837. The van der Waals surface area contributed by atoms with E-state index >= 15 is 0 Å². The van der Waals surface area contributed by atoms with E-state index in [0.29, 0.717) is 22.8 Å². The third-order valence-corrected chi connectivity index (χ3v) is 3.51. The fourth-order valence-corrected chi connectivity index (χ4v) is 2.53. The van der Waals surface area contributed by atoms with E-state index in [9.17, 15) is 10.2 Å². The molecule has 0 aliphatic carbocycles. The first-order valence-corrected chi connectivity index (χ1v) is 6.44. The number of benzene rings is 2. The van der Waals surface area contributed by atoms with Gasteiger partial charge >= 0.3 is 0 Å². The molecule has 0 bridgehead atoms. The normalized spacial score (nSPS) is 21.6. The number of aliphatic hydroxyl groups excluding tert-OH is 1. The third kappa shape index (κ3) is 2.39. The van der Waals surface area contributed by atoms with Crippen molar-refractivity contribution in [1.82, 2.24) is 0 Å². The zero-order valence-electron chi connectivity index (χ0n) is 10.1. The standard InChI is InChI=1S/C15H13ClO3/c16-10-4-5-14-12(7-10)13(18)8-15(19-14)9-2-1-3-11(17)6-9/h1-7,13,15,17-18H,8H2/t13-,15?/m1/s1. The maximum atomic E-state index is 10.2. The average Bonchev–Trinajstić information content (AvgIpc) is 2.39. The van der Waals surface area contributed by atoms with Gasteiger partial charge < -0.3 is 14.9 Å². The number of fused-ring (bicyclic) bond motifs is 1. The van der Waals surface area contributed by atoms with E-state index in [-0.39, 0.29) is 11.9 Å². The molecule has 0 amide bonds. The van der Waals surface area contributed by atoms with Gasteiger partial charge in [0.15, 0.2) is 0 Å². The Kier molecular flexibility index (Phi) is 3.09. The number of aromatic hydroxyl groups is 1. The monoisotopic (exact) mass is 276 g/mol. The molecule has 19 heavy (non-hydrogen) atoms. The molecule has 0 spiro atoms. The van der Waals surface area contributed by atoms with Crippen LogP contribution < -0.4 is 4.74 Å². The molecule has 0 aromatic heterocycles. The lowest BCUT2D eigenvalue weighted by Gasteiger charge is -2.30. The van der Waals surface area contributed by atoms with Crippen LogP contribution in [0.4, 0.5) is 0 Å². The van der Waals surface area contributed by atoms with E-state index < -0.39 is 6.10 Å². The molecule has 0 fully saturated rings. The summed E-state index contributed by atoms with van der Waals surface area (Å²) in [7, 11) is 0. The first-order valence-electron chi connectivity index (χ1n) is 6.06. The smallest absolute Gasteiger partial charge is 0.127 e. The second kappa shape index (κ2) is 4.76. The summed E-state index contributed by atoms with van der Waals surface area (Å²) in [6.45, 7) is 0. The van der Waals surface area contributed by atoms with Gasteiger partial charge in [0, 0.05) is 17.0 Å². The van der Waals surface area contributed by atoms with Gasteiger partial charge in [0.2, 0.25) is 0 Å². The molecule has 2 aromatic rings. The fourth-order valence-electron chi connectivity index (χ4n) is 2.35. The first-order chi connectivity index (χ1) is 9.13. The predicted octanol–water partition coefficient (Wildman–Crippen LogP) is 3.60. The van der Waals surface area contributed by atoms with Crippen LogP contribution >= 0.6 is 11.6 Å². The van der Waals surface area contributed by atoms with Gasteiger partial charge in [-0.3, -0.25) is 0 Å². The van der Waals surface area contributed by atoms with Crippen LogP contribution in [0.2, 0.25) is 5.02 Å². The van der Waals surface area contributed by atoms with Gasteiger partial charge in [0.05, 0.1) is 6.10 Å². The molecule has 0 saturated carbocycles.